The second kappa shape index (κ2) is 4.93. The van der Waals surface area contributed by atoms with E-state index in [-0.39, 0.29) is 0 Å². The average molecular weight is 284 g/mol. The molecule has 2 aromatic rings. The lowest BCUT2D eigenvalue weighted by atomic mass is 10.4. The molecule has 0 aromatic carbocycles. The number of halogens is 1. The summed E-state index contributed by atoms with van der Waals surface area (Å²) in [5, 5.41) is 6.85. The molecule has 0 aliphatic heterocycles. The SMILES string of the molecule is Nc1cnc(NCCc2ncon2)c(Br)c1. The highest BCUT2D eigenvalue weighted by molar-refractivity contribution is 9.10. The molecule has 0 spiro atoms. The van der Waals surface area contributed by atoms with Crippen molar-refractivity contribution in [3.8, 4) is 0 Å². The molecule has 6 nitrogen and oxygen atoms in total. The fraction of sp³-hybridized carbons (Fsp3) is 0.222. The minimum absolute atomic E-state index is 0.621. The van der Waals surface area contributed by atoms with Crippen molar-refractivity contribution in [2.75, 3.05) is 17.6 Å². The minimum Gasteiger partial charge on any atom is -0.397 e. The van der Waals surface area contributed by atoms with Gasteiger partial charge in [-0.1, -0.05) is 5.16 Å². The maximum absolute atomic E-state index is 5.58. The quantitative estimate of drug-likeness (QED) is 0.883. The van der Waals surface area contributed by atoms with E-state index >= 15 is 0 Å². The Bertz CT molecular complexity index is 459. The first kappa shape index (κ1) is 10.9. The highest BCUT2D eigenvalue weighted by Crippen LogP contribution is 2.21. The van der Waals surface area contributed by atoms with Crippen LogP contribution in [0.4, 0.5) is 11.5 Å². The Morgan fingerprint density at radius 1 is 1.44 bits per heavy atom. The third-order valence-corrected chi connectivity index (χ3v) is 2.51. The molecule has 0 aliphatic rings. The fourth-order valence-corrected chi connectivity index (χ4v) is 1.68. The summed E-state index contributed by atoms with van der Waals surface area (Å²) < 4.78 is 5.46. The predicted octanol–water partition coefficient (Wildman–Crippen LogP) is 1.46. The first-order chi connectivity index (χ1) is 7.75. The van der Waals surface area contributed by atoms with Crippen LogP contribution in [0.3, 0.4) is 0 Å². The zero-order valence-electron chi connectivity index (χ0n) is 8.35. The van der Waals surface area contributed by atoms with Crippen molar-refractivity contribution in [1.29, 1.82) is 0 Å². The van der Waals surface area contributed by atoms with E-state index < -0.39 is 0 Å². The van der Waals surface area contributed by atoms with Crippen molar-refractivity contribution in [2.45, 2.75) is 6.42 Å². The number of anilines is 2. The normalized spacial score (nSPS) is 10.3. The summed E-state index contributed by atoms with van der Waals surface area (Å²) in [5.74, 6) is 1.41. The first-order valence-corrected chi connectivity index (χ1v) is 5.45. The van der Waals surface area contributed by atoms with Crippen LogP contribution in [-0.2, 0) is 6.42 Å². The first-order valence-electron chi connectivity index (χ1n) is 4.66. The van der Waals surface area contributed by atoms with Crippen molar-refractivity contribution < 1.29 is 4.52 Å². The Hall–Kier alpha value is -1.63. The molecule has 0 saturated heterocycles. The van der Waals surface area contributed by atoms with Crippen molar-refractivity contribution >= 4 is 27.4 Å². The molecule has 2 heterocycles. The topological polar surface area (TPSA) is 89.9 Å². The van der Waals surface area contributed by atoms with E-state index in [1.54, 1.807) is 12.3 Å². The smallest absolute Gasteiger partial charge is 0.213 e. The van der Waals surface area contributed by atoms with E-state index in [2.05, 4.69) is 40.9 Å². The second-order valence-electron chi connectivity index (χ2n) is 3.12. The van der Waals surface area contributed by atoms with Crippen LogP contribution in [0, 0.1) is 0 Å². The Morgan fingerprint density at radius 3 is 3.00 bits per heavy atom. The van der Waals surface area contributed by atoms with Crippen LogP contribution in [0.25, 0.3) is 0 Å². The number of pyridine rings is 1. The van der Waals surface area contributed by atoms with Crippen LogP contribution in [0.15, 0.2) is 27.7 Å². The Labute approximate surface area is 100 Å². The molecule has 0 amide bonds. The molecule has 0 radical (unpaired) electrons. The van der Waals surface area contributed by atoms with E-state index in [1.807, 2.05) is 0 Å². The lowest BCUT2D eigenvalue weighted by Crippen LogP contribution is -2.08. The summed E-state index contributed by atoms with van der Waals surface area (Å²) in [5.41, 5.74) is 6.20. The maximum atomic E-state index is 5.58. The Morgan fingerprint density at radius 2 is 2.31 bits per heavy atom. The summed E-state index contributed by atoms with van der Waals surface area (Å²) in [7, 11) is 0. The van der Waals surface area contributed by atoms with E-state index in [4.69, 9.17) is 5.73 Å². The number of nitrogens with two attached hydrogens (primary N) is 1. The fourth-order valence-electron chi connectivity index (χ4n) is 1.18. The Balaban J connectivity index is 1.90. The number of nitrogens with one attached hydrogen (secondary N) is 1. The molecule has 7 heteroatoms. The number of rotatable bonds is 4. The highest BCUT2D eigenvalue weighted by Gasteiger charge is 2.02. The van der Waals surface area contributed by atoms with Crippen LogP contribution in [0.5, 0.6) is 0 Å². The van der Waals surface area contributed by atoms with Crippen molar-refractivity contribution in [3.63, 3.8) is 0 Å². The van der Waals surface area contributed by atoms with Crippen LogP contribution >= 0.6 is 15.9 Å². The summed E-state index contributed by atoms with van der Waals surface area (Å²) in [4.78, 5) is 8.06. The summed E-state index contributed by atoms with van der Waals surface area (Å²) >= 11 is 3.37. The van der Waals surface area contributed by atoms with Gasteiger partial charge in [0.2, 0.25) is 6.39 Å². The molecule has 0 unspecified atom stereocenters. The lowest BCUT2D eigenvalue weighted by Gasteiger charge is -2.06. The molecule has 0 aliphatic carbocycles. The number of nitrogen functional groups attached to an aromatic ring is 1. The number of hydrogen-bond acceptors (Lipinski definition) is 6. The van der Waals surface area contributed by atoms with Gasteiger partial charge in [0.25, 0.3) is 0 Å². The molecule has 2 aromatic heterocycles. The second-order valence-corrected chi connectivity index (χ2v) is 3.98. The number of hydrogen-bond donors (Lipinski definition) is 2. The van der Waals surface area contributed by atoms with Gasteiger partial charge in [0.05, 0.1) is 16.4 Å². The maximum Gasteiger partial charge on any atom is 0.213 e. The van der Waals surface area contributed by atoms with Crippen molar-refractivity contribution in [1.82, 2.24) is 15.1 Å². The summed E-state index contributed by atoms with van der Waals surface area (Å²) in [6.07, 6.45) is 3.59. The van der Waals surface area contributed by atoms with Crippen molar-refractivity contribution in [2.24, 2.45) is 0 Å². The van der Waals surface area contributed by atoms with Crippen molar-refractivity contribution in [3.05, 3.63) is 29.0 Å². The van der Waals surface area contributed by atoms with Gasteiger partial charge in [-0.15, -0.1) is 0 Å². The predicted molar refractivity (Wildman–Crippen MR) is 62.8 cm³/mol. The average Bonchev–Trinajstić information content (AvgIpc) is 2.74. The van der Waals surface area contributed by atoms with Gasteiger partial charge >= 0.3 is 0 Å². The van der Waals surface area contributed by atoms with Gasteiger partial charge in [-0.25, -0.2) is 4.98 Å². The zero-order chi connectivity index (χ0) is 11.4. The molecular formula is C9H10BrN5O. The molecular weight excluding hydrogens is 274 g/mol. The van der Waals surface area contributed by atoms with Crippen LogP contribution in [0.2, 0.25) is 0 Å². The molecule has 2 rings (SSSR count). The van der Waals surface area contributed by atoms with Crippen LogP contribution in [0.1, 0.15) is 5.82 Å². The lowest BCUT2D eigenvalue weighted by molar-refractivity contribution is 0.410. The third-order valence-electron chi connectivity index (χ3n) is 1.91. The van der Waals surface area contributed by atoms with Gasteiger partial charge < -0.3 is 15.6 Å². The summed E-state index contributed by atoms with van der Waals surface area (Å²) in [6, 6.07) is 1.80. The van der Waals surface area contributed by atoms with Crippen LogP contribution in [-0.4, -0.2) is 21.7 Å². The van der Waals surface area contributed by atoms with Gasteiger partial charge in [-0.3, -0.25) is 0 Å². The zero-order valence-corrected chi connectivity index (χ0v) is 9.94. The minimum atomic E-state index is 0.621. The van der Waals surface area contributed by atoms with Gasteiger partial charge in [-0.2, -0.15) is 4.98 Å². The van der Waals surface area contributed by atoms with Gasteiger partial charge in [-0.05, 0) is 22.0 Å². The standard InChI is InChI=1S/C9H10BrN5O/c10-7-3-6(11)4-13-9(7)12-2-1-8-14-5-16-15-8/h3-5H,1-2,11H2,(H,12,13). The van der Waals surface area contributed by atoms with E-state index in [9.17, 15) is 0 Å². The number of aromatic nitrogens is 3. The highest BCUT2D eigenvalue weighted by atomic mass is 79.9. The van der Waals surface area contributed by atoms with Gasteiger partial charge in [0.1, 0.15) is 5.82 Å². The monoisotopic (exact) mass is 283 g/mol. The number of nitrogens with zero attached hydrogens (tertiary/aromatic N) is 3. The molecule has 16 heavy (non-hydrogen) atoms. The molecule has 0 fully saturated rings. The van der Waals surface area contributed by atoms with Crippen LogP contribution < -0.4 is 11.1 Å². The third kappa shape index (κ3) is 2.69. The molecule has 0 saturated carbocycles. The molecule has 84 valence electrons. The molecule has 0 bridgehead atoms. The van der Waals surface area contributed by atoms with E-state index in [0.29, 0.717) is 24.5 Å². The van der Waals surface area contributed by atoms with Gasteiger partial charge in [0, 0.05) is 13.0 Å². The Kier molecular flexibility index (Phi) is 3.35. The molecule has 3 N–H and O–H groups in total. The van der Waals surface area contributed by atoms with E-state index in [1.165, 1.54) is 6.39 Å². The largest absolute Gasteiger partial charge is 0.397 e. The summed E-state index contributed by atoms with van der Waals surface area (Å²) in [6.45, 7) is 0.676. The van der Waals surface area contributed by atoms with E-state index in [0.717, 1.165) is 10.3 Å². The molecule has 0 atom stereocenters. The van der Waals surface area contributed by atoms with Gasteiger partial charge in [0.15, 0.2) is 5.82 Å².